The molecule has 48 heavy (non-hydrogen) atoms. The van der Waals surface area contributed by atoms with Crippen molar-refractivity contribution < 1.29 is 9.59 Å². The van der Waals surface area contributed by atoms with Gasteiger partial charge in [-0.3, -0.25) is 9.59 Å². The van der Waals surface area contributed by atoms with Crippen molar-refractivity contribution in [2.45, 2.75) is 172 Å². The van der Waals surface area contributed by atoms with Crippen molar-refractivity contribution in [3.05, 3.63) is 66.8 Å². The highest BCUT2D eigenvalue weighted by Gasteiger charge is 2.37. The molecular formula is C46H68O2. The van der Waals surface area contributed by atoms with Crippen LogP contribution in [0.5, 0.6) is 0 Å². The highest BCUT2D eigenvalue weighted by atomic mass is 16.1. The Bertz CT molecular complexity index is 1330. The minimum Gasteiger partial charge on any atom is -0.294 e. The fraction of sp³-hybridized carbons (Fsp3) is 0.696. The van der Waals surface area contributed by atoms with E-state index in [1.807, 2.05) is 0 Å². The zero-order valence-electron chi connectivity index (χ0n) is 32.6. The second-order valence-electron chi connectivity index (χ2n) is 17.1. The van der Waals surface area contributed by atoms with Gasteiger partial charge in [-0.2, -0.15) is 0 Å². The van der Waals surface area contributed by atoms with Crippen LogP contribution in [0.3, 0.4) is 0 Å². The topological polar surface area (TPSA) is 34.1 Å². The van der Waals surface area contributed by atoms with Crippen LogP contribution >= 0.6 is 0 Å². The number of hydrogen-bond donors (Lipinski definition) is 0. The summed E-state index contributed by atoms with van der Waals surface area (Å²) in [7, 11) is 0. The average Bonchev–Trinajstić information content (AvgIpc) is 3.09. The third kappa shape index (κ3) is 7.44. The molecule has 4 fully saturated rings. The van der Waals surface area contributed by atoms with Gasteiger partial charge < -0.3 is 0 Å². The molecule has 0 aromatic heterocycles. The number of fused-ring (bicyclic) bond motifs is 2. The molecule has 2 heteroatoms. The van der Waals surface area contributed by atoms with Crippen molar-refractivity contribution in [1.82, 2.24) is 0 Å². The van der Waals surface area contributed by atoms with E-state index in [1.54, 1.807) is 0 Å². The van der Waals surface area contributed by atoms with Crippen LogP contribution in [0.4, 0.5) is 0 Å². The minimum atomic E-state index is 0.410. The highest BCUT2D eigenvalue weighted by molar-refractivity contribution is 6.00. The van der Waals surface area contributed by atoms with Crippen LogP contribution in [0, 0.1) is 105 Å². The number of Topliss-reactive ketones (excluding diaryl/α,β-unsaturated/α-hetero) is 2. The minimum absolute atomic E-state index is 0.410. The van der Waals surface area contributed by atoms with Crippen LogP contribution in [-0.2, 0) is 0 Å². The molecule has 4 saturated carbocycles. The van der Waals surface area contributed by atoms with Crippen LogP contribution in [-0.4, -0.2) is 11.6 Å². The third-order valence-corrected chi connectivity index (χ3v) is 14.9. The lowest BCUT2D eigenvalue weighted by atomic mass is 9.64. The smallest absolute Gasteiger partial charge is 0.163 e. The molecule has 0 aliphatic heterocycles. The quantitative estimate of drug-likeness (QED) is 0.291. The van der Waals surface area contributed by atoms with E-state index in [9.17, 15) is 9.59 Å². The lowest BCUT2D eigenvalue weighted by Crippen LogP contribution is -2.32. The first-order valence-electron chi connectivity index (χ1n) is 20.0. The van der Waals surface area contributed by atoms with E-state index in [-0.39, 0.29) is 0 Å². The second-order valence-corrected chi connectivity index (χ2v) is 17.1. The van der Waals surface area contributed by atoms with Crippen molar-refractivity contribution in [3.63, 3.8) is 0 Å². The van der Waals surface area contributed by atoms with Crippen molar-refractivity contribution in [1.29, 1.82) is 0 Å². The van der Waals surface area contributed by atoms with Crippen LogP contribution in [0.25, 0.3) is 0 Å². The molecule has 6 atom stereocenters. The van der Waals surface area contributed by atoms with Gasteiger partial charge in [-0.1, -0.05) is 64.2 Å². The Morgan fingerprint density at radius 3 is 0.979 bits per heavy atom. The molecule has 4 aliphatic carbocycles. The predicted octanol–water partition coefficient (Wildman–Crippen LogP) is 12.8. The normalized spacial score (nSPS) is 27.0. The molecule has 0 spiro atoms. The summed E-state index contributed by atoms with van der Waals surface area (Å²) in [5, 5.41) is 0. The number of ketones is 2. The maximum Gasteiger partial charge on any atom is 0.163 e. The highest BCUT2D eigenvalue weighted by Crippen LogP contribution is 2.47. The van der Waals surface area contributed by atoms with Crippen molar-refractivity contribution in [2.75, 3.05) is 0 Å². The predicted molar refractivity (Wildman–Crippen MR) is 204 cm³/mol. The van der Waals surface area contributed by atoms with Crippen molar-refractivity contribution in [3.8, 4) is 0 Å². The van der Waals surface area contributed by atoms with E-state index in [0.717, 1.165) is 47.6 Å². The summed E-state index contributed by atoms with van der Waals surface area (Å²) in [5.41, 5.74) is 14.9. The number of benzene rings is 2. The van der Waals surface area contributed by atoms with Gasteiger partial charge in [-0.05, 0) is 186 Å². The van der Waals surface area contributed by atoms with Gasteiger partial charge in [0.1, 0.15) is 0 Å². The lowest BCUT2D eigenvalue weighted by Gasteiger charge is -2.41. The number of carbonyl (C=O) groups is 2. The van der Waals surface area contributed by atoms with Gasteiger partial charge >= 0.3 is 0 Å². The fourth-order valence-corrected chi connectivity index (χ4v) is 11.2. The molecule has 6 rings (SSSR count). The molecule has 2 aromatic carbocycles. The Labute approximate surface area is 294 Å². The van der Waals surface area contributed by atoms with Crippen LogP contribution in [0.15, 0.2) is 0 Å². The lowest BCUT2D eigenvalue weighted by molar-refractivity contribution is 0.0760. The first-order valence-corrected chi connectivity index (χ1v) is 20.0. The van der Waals surface area contributed by atoms with Crippen molar-refractivity contribution >= 4 is 11.6 Å². The van der Waals surface area contributed by atoms with E-state index in [0.29, 0.717) is 23.4 Å². The Hall–Kier alpha value is -2.22. The molecule has 0 saturated heterocycles. The van der Waals surface area contributed by atoms with E-state index in [4.69, 9.17) is 0 Å². The first-order chi connectivity index (χ1) is 22.8. The van der Waals surface area contributed by atoms with Crippen molar-refractivity contribution in [2.24, 2.45) is 35.5 Å². The summed E-state index contributed by atoms with van der Waals surface area (Å²) in [6.07, 6.45) is 20.8. The maximum atomic E-state index is 13.2. The van der Waals surface area contributed by atoms with Gasteiger partial charge in [0.2, 0.25) is 0 Å². The molecule has 2 nitrogen and oxygen atoms in total. The zero-order chi connectivity index (χ0) is 34.9. The molecular weight excluding hydrogens is 585 g/mol. The average molecular weight is 653 g/mol. The second kappa shape index (κ2) is 15.8. The van der Waals surface area contributed by atoms with E-state index in [1.165, 1.54) is 146 Å². The molecule has 0 amide bonds. The Morgan fingerprint density at radius 1 is 0.375 bits per heavy atom. The van der Waals surface area contributed by atoms with Gasteiger partial charge in [-0.15, -0.1) is 0 Å². The molecule has 4 aliphatic rings. The zero-order valence-corrected chi connectivity index (χ0v) is 32.6. The summed E-state index contributed by atoms with van der Waals surface area (Å²) >= 11 is 0. The third-order valence-electron chi connectivity index (χ3n) is 14.9. The largest absolute Gasteiger partial charge is 0.294 e. The van der Waals surface area contributed by atoms with Gasteiger partial charge in [-0.25, -0.2) is 0 Å². The summed E-state index contributed by atoms with van der Waals surface area (Å²) in [5.74, 6) is 5.56. The molecule has 2 aromatic rings. The van der Waals surface area contributed by atoms with Crippen LogP contribution in [0.1, 0.15) is 179 Å². The maximum absolute atomic E-state index is 13.2. The Morgan fingerprint density at radius 2 is 0.646 bits per heavy atom. The van der Waals surface area contributed by atoms with Gasteiger partial charge in [0.05, 0.1) is 0 Å². The van der Waals surface area contributed by atoms with Gasteiger partial charge in [0, 0.05) is 24.0 Å². The van der Waals surface area contributed by atoms with E-state index in [2.05, 4.69) is 69.2 Å². The Balaban J connectivity index is 0.000000188. The number of carbonyl (C=O) groups excluding carboxylic acids is 2. The molecule has 0 unspecified atom stereocenters. The molecule has 0 heterocycles. The van der Waals surface area contributed by atoms with E-state index >= 15 is 0 Å². The summed E-state index contributed by atoms with van der Waals surface area (Å²) in [6, 6.07) is 0. The van der Waals surface area contributed by atoms with Crippen LogP contribution in [0.2, 0.25) is 0 Å². The standard InChI is InChI=1S/2C23H34O/c2*1-14-15(2)17(4)23(18(5)16(14)3)22(24)13-20-11-8-10-19-9-6-7-12-21(19)20/h2*19-21H,6-13H2,1-5H3/t2*19-,20+,21+/m00/s1. The van der Waals surface area contributed by atoms with E-state index < -0.39 is 0 Å². The molecule has 0 radical (unpaired) electrons. The number of rotatable bonds is 6. The SMILES string of the molecule is Cc1c(C)c(C)c(C(=O)C[C@H]2CCC[C@@H]3CCCC[C@H]32)c(C)c1C.Cc1c(C)c(C)c(C(=O)C[C@H]2CCC[C@@H]3CCCC[C@H]32)c(C)c1C. The summed E-state index contributed by atoms with van der Waals surface area (Å²) in [6.45, 7) is 21.6. The van der Waals surface area contributed by atoms with Gasteiger partial charge in [0.15, 0.2) is 11.6 Å². The fourth-order valence-electron chi connectivity index (χ4n) is 11.2. The molecule has 0 bridgehead atoms. The Kier molecular flexibility index (Phi) is 12.2. The van der Waals surface area contributed by atoms with Gasteiger partial charge in [0.25, 0.3) is 0 Å². The number of hydrogen-bond acceptors (Lipinski definition) is 2. The summed E-state index contributed by atoms with van der Waals surface area (Å²) in [4.78, 5) is 26.5. The monoisotopic (exact) mass is 653 g/mol. The first kappa shape index (κ1) is 37.0. The molecule has 0 N–H and O–H groups in total. The molecule has 264 valence electrons. The summed E-state index contributed by atoms with van der Waals surface area (Å²) < 4.78 is 0. The van der Waals surface area contributed by atoms with Crippen LogP contribution < -0.4 is 0 Å².